The van der Waals surface area contributed by atoms with E-state index in [1.807, 2.05) is 0 Å². The summed E-state index contributed by atoms with van der Waals surface area (Å²) in [6, 6.07) is 6.33. The van der Waals surface area contributed by atoms with Gasteiger partial charge in [-0.25, -0.2) is 13.1 Å². The number of hydrogen-bond donors (Lipinski definition) is 1. The zero-order valence-corrected chi connectivity index (χ0v) is 12.7. The van der Waals surface area contributed by atoms with E-state index in [0.717, 1.165) is 5.69 Å². The van der Waals surface area contributed by atoms with Crippen LogP contribution in [0.4, 0.5) is 5.69 Å². The highest BCUT2D eigenvalue weighted by Crippen LogP contribution is 2.16. The van der Waals surface area contributed by atoms with Crippen LogP contribution in [0.5, 0.6) is 0 Å². The van der Waals surface area contributed by atoms with Crippen LogP contribution in [0.3, 0.4) is 0 Å². The molecule has 0 fully saturated rings. The Labute approximate surface area is 119 Å². The van der Waals surface area contributed by atoms with Crippen LogP contribution >= 0.6 is 0 Å². The van der Waals surface area contributed by atoms with Crippen molar-refractivity contribution in [3.8, 4) is 0 Å². The zero-order chi connectivity index (χ0) is 15.2. The molecule has 0 aliphatic heterocycles. The first kappa shape index (κ1) is 16.5. The van der Waals surface area contributed by atoms with Crippen molar-refractivity contribution in [2.75, 3.05) is 31.6 Å². The average Bonchev–Trinajstić information content (AvgIpc) is 2.39. The fraction of sp³-hybridized carbons (Fsp3) is 0.462. The number of nitrogens with zero attached hydrogens (tertiary/aromatic N) is 1. The fourth-order valence-electron chi connectivity index (χ4n) is 1.64. The molecule has 1 aromatic rings. The van der Waals surface area contributed by atoms with Gasteiger partial charge in [-0.2, -0.15) is 0 Å². The third kappa shape index (κ3) is 4.50. The van der Waals surface area contributed by atoms with E-state index in [-0.39, 0.29) is 17.4 Å². The number of likely N-dealkylation sites (N-methyl/N-ethyl adjacent to an activating group) is 1. The number of nitrogens with one attached hydrogen (secondary N) is 1. The molecule has 0 aliphatic rings. The fourth-order valence-corrected chi connectivity index (χ4v) is 2.69. The van der Waals surface area contributed by atoms with Gasteiger partial charge < -0.3 is 9.64 Å². The molecular formula is C13H20N2O4S. The summed E-state index contributed by atoms with van der Waals surface area (Å²) in [6.45, 7) is 4.27. The Morgan fingerprint density at radius 2 is 1.85 bits per heavy atom. The molecule has 0 spiro atoms. The van der Waals surface area contributed by atoms with Crippen molar-refractivity contribution in [3.63, 3.8) is 0 Å². The van der Waals surface area contributed by atoms with Gasteiger partial charge in [0.05, 0.1) is 11.5 Å². The van der Waals surface area contributed by atoms with Gasteiger partial charge >= 0.3 is 5.97 Å². The normalized spacial score (nSPS) is 11.2. The molecule has 0 saturated carbocycles. The van der Waals surface area contributed by atoms with E-state index < -0.39 is 10.0 Å². The molecule has 1 N–H and O–H groups in total. The van der Waals surface area contributed by atoms with Crippen LogP contribution in [0.1, 0.15) is 13.8 Å². The van der Waals surface area contributed by atoms with E-state index in [1.165, 1.54) is 12.1 Å². The standard InChI is InChI=1S/C13H20N2O4S/c1-4-14-20(17,18)12-8-6-11(7-9-12)15(3)10-13(16)19-5-2/h6-9,14H,4-5,10H2,1-3H3. The summed E-state index contributed by atoms with van der Waals surface area (Å²) in [7, 11) is -1.70. The molecule has 0 bridgehead atoms. The maximum Gasteiger partial charge on any atom is 0.325 e. The van der Waals surface area contributed by atoms with Gasteiger partial charge in [0.15, 0.2) is 0 Å². The van der Waals surface area contributed by atoms with Crippen LogP contribution in [0.15, 0.2) is 29.2 Å². The first-order chi connectivity index (χ1) is 9.40. The molecule has 0 heterocycles. The van der Waals surface area contributed by atoms with Crippen molar-refractivity contribution in [2.24, 2.45) is 0 Å². The van der Waals surface area contributed by atoms with E-state index in [0.29, 0.717) is 13.2 Å². The zero-order valence-electron chi connectivity index (χ0n) is 11.9. The first-order valence-corrected chi connectivity index (χ1v) is 7.85. The molecule has 1 rings (SSSR count). The van der Waals surface area contributed by atoms with Crippen LogP contribution in [0.2, 0.25) is 0 Å². The van der Waals surface area contributed by atoms with Gasteiger partial charge in [0, 0.05) is 19.3 Å². The lowest BCUT2D eigenvalue weighted by molar-refractivity contribution is -0.141. The van der Waals surface area contributed by atoms with Crippen molar-refractivity contribution in [1.82, 2.24) is 4.72 Å². The van der Waals surface area contributed by atoms with Gasteiger partial charge in [-0.05, 0) is 31.2 Å². The minimum Gasteiger partial charge on any atom is -0.465 e. The average molecular weight is 300 g/mol. The number of sulfonamides is 1. The van der Waals surface area contributed by atoms with E-state index in [2.05, 4.69) is 4.72 Å². The largest absolute Gasteiger partial charge is 0.465 e. The summed E-state index contributed by atoms with van der Waals surface area (Å²) >= 11 is 0. The molecule has 6 nitrogen and oxygen atoms in total. The molecule has 0 unspecified atom stereocenters. The predicted octanol–water partition coefficient (Wildman–Crippen LogP) is 0.984. The van der Waals surface area contributed by atoms with Crippen molar-refractivity contribution in [3.05, 3.63) is 24.3 Å². The first-order valence-electron chi connectivity index (χ1n) is 6.37. The number of carbonyl (C=O) groups is 1. The topological polar surface area (TPSA) is 75.7 Å². The monoisotopic (exact) mass is 300 g/mol. The second kappa shape index (κ2) is 7.25. The number of hydrogen-bond acceptors (Lipinski definition) is 5. The van der Waals surface area contributed by atoms with Gasteiger partial charge in [-0.1, -0.05) is 6.92 Å². The number of benzene rings is 1. The molecule has 7 heteroatoms. The smallest absolute Gasteiger partial charge is 0.325 e. The Bertz CT molecular complexity index is 540. The number of carbonyl (C=O) groups excluding carboxylic acids is 1. The Morgan fingerprint density at radius 3 is 2.35 bits per heavy atom. The number of ether oxygens (including phenoxy) is 1. The maximum absolute atomic E-state index is 11.8. The Hall–Kier alpha value is -1.60. The van der Waals surface area contributed by atoms with E-state index in [9.17, 15) is 13.2 Å². The molecule has 20 heavy (non-hydrogen) atoms. The Balaban J connectivity index is 2.78. The molecule has 0 amide bonds. The molecule has 0 radical (unpaired) electrons. The maximum atomic E-state index is 11.8. The Morgan fingerprint density at radius 1 is 1.25 bits per heavy atom. The SMILES string of the molecule is CCNS(=O)(=O)c1ccc(N(C)CC(=O)OCC)cc1. The Kier molecular flexibility index (Phi) is 5.97. The molecule has 112 valence electrons. The summed E-state index contributed by atoms with van der Waals surface area (Å²) < 4.78 is 30.8. The van der Waals surface area contributed by atoms with Crippen molar-refractivity contribution >= 4 is 21.7 Å². The number of rotatable bonds is 7. The highest BCUT2D eigenvalue weighted by atomic mass is 32.2. The van der Waals surface area contributed by atoms with Crippen LogP contribution < -0.4 is 9.62 Å². The summed E-state index contributed by atoms with van der Waals surface area (Å²) in [6.07, 6.45) is 0. The molecule has 0 saturated heterocycles. The summed E-state index contributed by atoms with van der Waals surface area (Å²) in [5.74, 6) is -0.320. The van der Waals surface area contributed by atoms with Crippen molar-refractivity contribution in [1.29, 1.82) is 0 Å². The van der Waals surface area contributed by atoms with Crippen LogP contribution in [0, 0.1) is 0 Å². The molecule has 1 aromatic carbocycles. The van der Waals surface area contributed by atoms with Gasteiger partial charge in [0.2, 0.25) is 10.0 Å². The highest BCUT2D eigenvalue weighted by Gasteiger charge is 2.13. The predicted molar refractivity (Wildman–Crippen MR) is 77.2 cm³/mol. The lowest BCUT2D eigenvalue weighted by Crippen LogP contribution is -2.27. The van der Waals surface area contributed by atoms with Crippen molar-refractivity contribution in [2.45, 2.75) is 18.7 Å². The quantitative estimate of drug-likeness (QED) is 0.760. The molecule has 0 atom stereocenters. The van der Waals surface area contributed by atoms with Crippen molar-refractivity contribution < 1.29 is 17.9 Å². The minimum absolute atomic E-state index is 0.118. The summed E-state index contributed by atoms with van der Waals surface area (Å²) in [5, 5.41) is 0. The van der Waals surface area contributed by atoms with E-state index >= 15 is 0 Å². The lowest BCUT2D eigenvalue weighted by Gasteiger charge is -2.18. The highest BCUT2D eigenvalue weighted by molar-refractivity contribution is 7.89. The van der Waals surface area contributed by atoms with Crippen LogP contribution in [-0.4, -0.2) is 41.1 Å². The third-order valence-electron chi connectivity index (χ3n) is 2.59. The number of anilines is 1. The second-order valence-electron chi connectivity index (χ2n) is 4.16. The van der Waals surface area contributed by atoms with Gasteiger partial charge in [0.1, 0.15) is 6.54 Å². The van der Waals surface area contributed by atoms with Gasteiger partial charge in [-0.15, -0.1) is 0 Å². The number of esters is 1. The minimum atomic E-state index is -3.44. The van der Waals surface area contributed by atoms with Gasteiger partial charge in [-0.3, -0.25) is 4.79 Å². The van der Waals surface area contributed by atoms with E-state index in [1.54, 1.807) is 37.9 Å². The van der Waals surface area contributed by atoms with E-state index in [4.69, 9.17) is 4.74 Å². The van der Waals surface area contributed by atoms with Crippen LogP contribution in [-0.2, 0) is 19.6 Å². The summed E-state index contributed by atoms with van der Waals surface area (Å²) in [4.78, 5) is 13.3. The van der Waals surface area contributed by atoms with Crippen LogP contribution in [0.25, 0.3) is 0 Å². The second-order valence-corrected chi connectivity index (χ2v) is 5.92. The molecular weight excluding hydrogens is 280 g/mol. The lowest BCUT2D eigenvalue weighted by atomic mass is 10.3. The molecule has 0 aromatic heterocycles. The molecule has 0 aliphatic carbocycles. The van der Waals surface area contributed by atoms with Gasteiger partial charge in [0.25, 0.3) is 0 Å². The third-order valence-corrected chi connectivity index (χ3v) is 4.16. The summed E-state index contributed by atoms with van der Waals surface area (Å²) in [5.41, 5.74) is 0.744.